The molecule has 3 unspecified atom stereocenters. The van der Waals surface area contributed by atoms with E-state index in [2.05, 4.69) is 19.2 Å². The van der Waals surface area contributed by atoms with Gasteiger partial charge in [-0.25, -0.2) is 8.42 Å². The summed E-state index contributed by atoms with van der Waals surface area (Å²) in [6.45, 7) is 7.15. The summed E-state index contributed by atoms with van der Waals surface area (Å²) in [6, 6.07) is 0. The third-order valence-corrected chi connectivity index (χ3v) is 6.91. The van der Waals surface area contributed by atoms with Crippen LogP contribution in [-0.2, 0) is 10.0 Å². The summed E-state index contributed by atoms with van der Waals surface area (Å²) in [6.07, 6.45) is 1.78. The van der Waals surface area contributed by atoms with Gasteiger partial charge in [-0.15, -0.1) is 0 Å². The van der Waals surface area contributed by atoms with Crippen LogP contribution in [0, 0.1) is 0 Å². The SMILES string of the molecule is CC1CN(S(=O)(=O)C2CCCNC2)CC(C)S1. The highest BCUT2D eigenvalue weighted by atomic mass is 32.2. The molecule has 0 aromatic carbocycles. The molecule has 1 N–H and O–H groups in total. The fourth-order valence-corrected chi connectivity index (χ4v) is 6.21. The summed E-state index contributed by atoms with van der Waals surface area (Å²) in [5.41, 5.74) is 0. The number of piperidine rings is 1. The Morgan fingerprint density at radius 2 is 1.88 bits per heavy atom. The summed E-state index contributed by atoms with van der Waals surface area (Å²) >= 11 is 1.89. The van der Waals surface area contributed by atoms with Crippen LogP contribution in [0.3, 0.4) is 0 Å². The summed E-state index contributed by atoms with van der Waals surface area (Å²) in [5.74, 6) is 0. The van der Waals surface area contributed by atoms with Crippen LogP contribution in [0.2, 0.25) is 0 Å². The van der Waals surface area contributed by atoms with E-state index in [1.54, 1.807) is 4.31 Å². The maximum absolute atomic E-state index is 12.5. The molecule has 0 bridgehead atoms. The zero-order valence-corrected chi connectivity index (χ0v) is 12.2. The molecule has 0 radical (unpaired) electrons. The van der Waals surface area contributed by atoms with E-state index in [0.29, 0.717) is 30.1 Å². The van der Waals surface area contributed by atoms with E-state index in [-0.39, 0.29) is 5.25 Å². The molecule has 100 valence electrons. The van der Waals surface area contributed by atoms with Gasteiger partial charge in [-0.3, -0.25) is 0 Å². The van der Waals surface area contributed by atoms with Gasteiger partial charge in [0.25, 0.3) is 0 Å². The smallest absolute Gasteiger partial charge is 0.218 e. The quantitative estimate of drug-likeness (QED) is 0.815. The molecule has 0 aromatic heterocycles. The van der Waals surface area contributed by atoms with Crippen molar-refractivity contribution in [2.45, 2.75) is 42.4 Å². The number of sulfonamides is 1. The largest absolute Gasteiger partial charge is 0.315 e. The van der Waals surface area contributed by atoms with Crippen molar-refractivity contribution < 1.29 is 8.42 Å². The molecule has 2 aliphatic rings. The lowest BCUT2D eigenvalue weighted by Crippen LogP contribution is -2.51. The van der Waals surface area contributed by atoms with Crippen molar-refractivity contribution in [2.24, 2.45) is 0 Å². The topological polar surface area (TPSA) is 49.4 Å². The molecule has 2 fully saturated rings. The van der Waals surface area contributed by atoms with Crippen LogP contribution in [0.4, 0.5) is 0 Å². The molecule has 2 aliphatic heterocycles. The molecule has 2 saturated heterocycles. The monoisotopic (exact) mass is 278 g/mol. The van der Waals surface area contributed by atoms with Crippen molar-refractivity contribution in [2.75, 3.05) is 26.2 Å². The minimum absolute atomic E-state index is 0.209. The lowest BCUT2D eigenvalue weighted by Gasteiger charge is -2.36. The third-order valence-electron chi connectivity index (χ3n) is 3.42. The van der Waals surface area contributed by atoms with Crippen molar-refractivity contribution in [3.63, 3.8) is 0 Å². The van der Waals surface area contributed by atoms with Gasteiger partial charge in [-0.05, 0) is 19.4 Å². The Morgan fingerprint density at radius 3 is 2.41 bits per heavy atom. The molecule has 2 heterocycles. The van der Waals surface area contributed by atoms with Crippen molar-refractivity contribution >= 4 is 21.8 Å². The number of nitrogens with zero attached hydrogens (tertiary/aromatic N) is 1. The number of thioether (sulfide) groups is 1. The number of hydrogen-bond donors (Lipinski definition) is 1. The molecular formula is C11H22N2O2S2. The molecule has 17 heavy (non-hydrogen) atoms. The summed E-state index contributed by atoms with van der Waals surface area (Å²) in [7, 11) is -3.09. The van der Waals surface area contributed by atoms with Gasteiger partial charge >= 0.3 is 0 Å². The van der Waals surface area contributed by atoms with Crippen molar-refractivity contribution in [1.29, 1.82) is 0 Å². The van der Waals surface area contributed by atoms with Gasteiger partial charge in [0.05, 0.1) is 5.25 Å². The molecule has 0 saturated carbocycles. The normalized spacial score (nSPS) is 36.9. The standard InChI is InChI=1S/C11H22N2O2S2/c1-9-7-13(8-10(2)16-9)17(14,15)11-4-3-5-12-6-11/h9-12H,3-8H2,1-2H3. The van der Waals surface area contributed by atoms with Crippen LogP contribution in [0.1, 0.15) is 26.7 Å². The first-order valence-electron chi connectivity index (χ1n) is 6.35. The third kappa shape index (κ3) is 3.16. The van der Waals surface area contributed by atoms with Gasteiger partial charge < -0.3 is 5.32 Å². The fraction of sp³-hybridized carbons (Fsp3) is 1.00. The van der Waals surface area contributed by atoms with Crippen molar-refractivity contribution in [3.05, 3.63) is 0 Å². The Bertz CT molecular complexity index is 342. The molecular weight excluding hydrogens is 256 g/mol. The summed E-state index contributed by atoms with van der Waals surface area (Å²) < 4.78 is 26.7. The Balaban J connectivity index is 2.08. The number of rotatable bonds is 2. The van der Waals surface area contributed by atoms with E-state index in [4.69, 9.17) is 0 Å². The Kier molecular flexibility index (Phi) is 4.39. The second-order valence-corrected chi connectivity index (χ2v) is 9.18. The van der Waals surface area contributed by atoms with Crippen LogP contribution < -0.4 is 5.32 Å². The summed E-state index contributed by atoms with van der Waals surface area (Å²) in [5, 5.41) is 3.80. The minimum Gasteiger partial charge on any atom is -0.315 e. The molecule has 3 atom stereocenters. The van der Waals surface area contributed by atoms with Gasteiger partial charge in [0.1, 0.15) is 0 Å². The van der Waals surface area contributed by atoms with Crippen molar-refractivity contribution in [3.8, 4) is 0 Å². The first-order valence-corrected chi connectivity index (χ1v) is 8.80. The van der Waals surface area contributed by atoms with Crippen LogP contribution in [-0.4, -0.2) is 54.7 Å². The van der Waals surface area contributed by atoms with Gasteiger partial charge in [-0.1, -0.05) is 13.8 Å². The average molecular weight is 278 g/mol. The number of nitrogens with one attached hydrogen (secondary N) is 1. The van der Waals surface area contributed by atoms with Gasteiger partial charge in [0.15, 0.2) is 0 Å². The van der Waals surface area contributed by atoms with E-state index >= 15 is 0 Å². The first kappa shape index (κ1) is 13.6. The van der Waals surface area contributed by atoms with E-state index in [1.807, 2.05) is 11.8 Å². The molecule has 4 nitrogen and oxygen atoms in total. The Morgan fingerprint density at radius 1 is 1.24 bits per heavy atom. The van der Waals surface area contributed by atoms with Gasteiger partial charge in [0.2, 0.25) is 10.0 Å². The first-order chi connectivity index (χ1) is 8.00. The molecule has 0 amide bonds. The van der Waals surface area contributed by atoms with E-state index < -0.39 is 10.0 Å². The summed E-state index contributed by atoms with van der Waals surface area (Å²) in [4.78, 5) is 0. The molecule has 2 rings (SSSR count). The zero-order chi connectivity index (χ0) is 12.5. The molecule has 0 spiro atoms. The fourth-order valence-electron chi connectivity index (χ4n) is 2.62. The minimum atomic E-state index is -3.09. The maximum Gasteiger partial charge on any atom is 0.218 e. The predicted molar refractivity (Wildman–Crippen MR) is 72.9 cm³/mol. The Hall–Kier alpha value is 0.220. The predicted octanol–water partition coefficient (Wildman–Crippen LogP) is 0.894. The van der Waals surface area contributed by atoms with Crippen LogP contribution in [0.25, 0.3) is 0 Å². The molecule has 0 aromatic rings. The lowest BCUT2D eigenvalue weighted by atomic mass is 10.2. The highest BCUT2D eigenvalue weighted by Gasteiger charge is 2.36. The van der Waals surface area contributed by atoms with E-state index in [0.717, 1.165) is 19.4 Å². The average Bonchev–Trinajstić information content (AvgIpc) is 2.29. The molecule has 0 aliphatic carbocycles. The van der Waals surface area contributed by atoms with Crippen LogP contribution >= 0.6 is 11.8 Å². The Labute approximate surface area is 109 Å². The highest BCUT2D eigenvalue weighted by molar-refractivity contribution is 8.00. The van der Waals surface area contributed by atoms with Crippen LogP contribution in [0.15, 0.2) is 0 Å². The van der Waals surface area contributed by atoms with Crippen molar-refractivity contribution in [1.82, 2.24) is 9.62 Å². The van der Waals surface area contributed by atoms with Crippen LogP contribution in [0.5, 0.6) is 0 Å². The molecule has 6 heteroatoms. The highest BCUT2D eigenvalue weighted by Crippen LogP contribution is 2.28. The van der Waals surface area contributed by atoms with Gasteiger partial charge in [0, 0.05) is 30.1 Å². The zero-order valence-electron chi connectivity index (χ0n) is 10.6. The van der Waals surface area contributed by atoms with E-state index in [1.165, 1.54) is 0 Å². The van der Waals surface area contributed by atoms with E-state index in [9.17, 15) is 8.42 Å². The van der Waals surface area contributed by atoms with Gasteiger partial charge in [-0.2, -0.15) is 16.1 Å². The maximum atomic E-state index is 12.5. The lowest BCUT2D eigenvalue weighted by molar-refractivity contribution is 0.385. The number of hydrogen-bond acceptors (Lipinski definition) is 4. The second-order valence-electron chi connectivity index (χ2n) is 5.09. The second kappa shape index (κ2) is 5.47.